The van der Waals surface area contributed by atoms with Crippen LogP contribution in [0.1, 0.15) is 35.9 Å². The molecule has 154 valence electrons. The Morgan fingerprint density at radius 3 is 2.60 bits per heavy atom. The van der Waals surface area contributed by atoms with Crippen LogP contribution < -0.4 is 10.6 Å². The molecule has 30 heavy (non-hydrogen) atoms. The molecular weight excluding hydrogens is 390 g/mol. The van der Waals surface area contributed by atoms with E-state index in [2.05, 4.69) is 39.2 Å². The maximum Gasteiger partial charge on any atom is 0.240 e. The first-order valence-electron chi connectivity index (χ1n) is 10.2. The van der Waals surface area contributed by atoms with Gasteiger partial charge >= 0.3 is 0 Å². The van der Waals surface area contributed by atoms with Crippen molar-refractivity contribution in [3.63, 3.8) is 0 Å². The second-order valence-electron chi connectivity index (χ2n) is 7.91. The van der Waals surface area contributed by atoms with E-state index in [0.29, 0.717) is 13.0 Å². The number of nitrogens with one attached hydrogen (secondary N) is 3. The second kappa shape index (κ2) is 8.86. The van der Waals surface area contributed by atoms with Gasteiger partial charge in [-0.15, -0.1) is 11.3 Å². The molecule has 0 aliphatic rings. The fraction of sp³-hybridized carbons (Fsp3) is 0.240. The van der Waals surface area contributed by atoms with Crippen LogP contribution in [0.3, 0.4) is 0 Å². The predicted octanol–water partition coefficient (Wildman–Crippen LogP) is 5.20. The highest BCUT2D eigenvalue weighted by Crippen LogP contribution is 2.24. The van der Waals surface area contributed by atoms with Crippen molar-refractivity contribution in [2.24, 2.45) is 0 Å². The van der Waals surface area contributed by atoms with Crippen molar-refractivity contribution in [2.75, 3.05) is 0 Å². The molecule has 0 aliphatic heterocycles. The molecule has 0 saturated carbocycles. The molecular formula is C25H27N3OS. The number of hydrogen-bond donors (Lipinski definition) is 3. The van der Waals surface area contributed by atoms with Gasteiger partial charge in [-0.1, -0.05) is 54.6 Å². The third-order valence-corrected chi connectivity index (χ3v) is 6.48. The van der Waals surface area contributed by atoms with E-state index >= 15 is 0 Å². The van der Waals surface area contributed by atoms with E-state index in [1.807, 2.05) is 68.6 Å². The van der Waals surface area contributed by atoms with Crippen LogP contribution in [-0.2, 0) is 17.8 Å². The lowest BCUT2D eigenvalue weighted by molar-refractivity contribution is -0.127. The normalized spacial score (nSPS) is 14.3. The van der Waals surface area contributed by atoms with Crippen LogP contribution in [0.25, 0.3) is 10.9 Å². The van der Waals surface area contributed by atoms with Crippen LogP contribution in [0.15, 0.2) is 78.3 Å². The molecule has 2 atom stereocenters. The average Bonchev–Trinajstić information content (AvgIpc) is 3.43. The van der Waals surface area contributed by atoms with E-state index in [1.165, 1.54) is 4.88 Å². The number of rotatable bonds is 8. The fourth-order valence-electron chi connectivity index (χ4n) is 3.76. The third-order valence-electron chi connectivity index (χ3n) is 5.60. The molecule has 4 aromatic rings. The zero-order valence-corrected chi connectivity index (χ0v) is 18.1. The molecule has 0 fully saturated rings. The molecule has 2 aromatic carbocycles. The summed E-state index contributed by atoms with van der Waals surface area (Å²) in [5, 5.41) is 9.98. The van der Waals surface area contributed by atoms with E-state index in [0.717, 1.165) is 22.0 Å². The van der Waals surface area contributed by atoms with Gasteiger partial charge in [0, 0.05) is 34.9 Å². The van der Waals surface area contributed by atoms with Gasteiger partial charge in [0.1, 0.15) is 0 Å². The molecule has 4 nitrogen and oxygen atoms in total. The van der Waals surface area contributed by atoms with Gasteiger partial charge in [0.15, 0.2) is 0 Å². The largest absolute Gasteiger partial charge is 0.361 e. The van der Waals surface area contributed by atoms with Crippen LogP contribution in [0, 0.1) is 0 Å². The van der Waals surface area contributed by atoms with Crippen molar-refractivity contribution in [3.8, 4) is 0 Å². The van der Waals surface area contributed by atoms with Gasteiger partial charge < -0.3 is 10.3 Å². The lowest BCUT2D eigenvalue weighted by Gasteiger charge is -2.31. The Bertz CT molecular complexity index is 1100. The standard InChI is InChI=1S/C25H27N3OS/c1-18(19-9-4-3-5-10-19)28-24(29)25(2,27-17-21-11-8-14-30-21)15-20-16-26-23-13-7-6-12-22(20)23/h3-14,16,18,26-27H,15,17H2,1-2H3,(H,28,29). The van der Waals surface area contributed by atoms with Crippen molar-refractivity contribution >= 4 is 28.1 Å². The Kier molecular flexibility index (Phi) is 6.02. The molecule has 0 saturated heterocycles. The quantitative estimate of drug-likeness (QED) is 0.369. The first-order valence-corrected chi connectivity index (χ1v) is 11.1. The van der Waals surface area contributed by atoms with Gasteiger partial charge in [-0.3, -0.25) is 10.1 Å². The Labute approximate surface area is 181 Å². The topological polar surface area (TPSA) is 56.9 Å². The van der Waals surface area contributed by atoms with Crippen LogP contribution in [0.4, 0.5) is 0 Å². The molecule has 2 heterocycles. The van der Waals surface area contributed by atoms with E-state index in [9.17, 15) is 4.79 Å². The Balaban J connectivity index is 1.58. The Morgan fingerprint density at radius 2 is 1.83 bits per heavy atom. The minimum Gasteiger partial charge on any atom is -0.361 e. The van der Waals surface area contributed by atoms with Crippen LogP contribution in [0.2, 0.25) is 0 Å². The van der Waals surface area contributed by atoms with E-state index in [1.54, 1.807) is 11.3 Å². The lowest BCUT2D eigenvalue weighted by Crippen LogP contribution is -2.56. The summed E-state index contributed by atoms with van der Waals surface area (Å²) in [5.74, 6) is 0.000639. The maximum atomic E-state index is 13.5. The average molecular weight is 418 g/mol. The van der Waals surface area contributed by atoms with E-state index in [4.69, 9.17) is 0 Å². The maximum absolute atomic E-state index is 13.5. The number of carbonyl (C=O) groups is 1. The third kappa shape index (κ3) is 4.48. The zero-order chi connectivity index (χ0) is 21.0. The molecule has 3 N–H and O–H groups in total. The Morgan fingerprint density at radius 1 is 1.07 bits per heavy atom. The number of aromatic nitrogens is 1. The number of fused-ring (bicyclic) bond motifs is 1. The van der Waals surface area contributed by atoms with E-state index in [-0.39, 0.29) is 11.9 Å². The van der Waals surface area contributed by atoms with Crippen LogP contribution in [0.5, 0.6) is 0 Å². The molecule has 4 rings (SSSR count). The molecule has 0 radical (unpaired) electrons. The summed E-state index contributed by atoms with van der Waals surface area (Å²) in [7, 11) is 0. The summed E-state index contributed by atoms with van der Waals surface area (Å²) in [5.41, 5.74) is 2.57. The number of para-hydroxylation sites is 1. The number of hydrogen-bond acceptors (Lipinski definition) is 3. The smallest absolute Gasteiger partial charge is 0.240 e. The summed E-state index contributed by atoms with van der Waals surface area (Å²) in [6.07, 6.45) is 2.61. The lowest BCUT2D eigenvalue weighted by atomic mass is 9.90. The van der Waals surface area contributed by atoms with Crippen molar-refractivity contribution in [1.82, 2.24) is 15.6 Å². The van der Waals surface area contributed by atoms with Gasteiger partial charge in [-0.25, -0.2) is 0 Å². The fourth-order valence-corrected chi connectivity index (χ4v) is 4.40. The SMILES string of the molecule is CC(NC(=O)C(C)(Cc1c[nH]c2ccccc12)NCc1cccs1)c1ccccc1. The Hall–Kier alpha value is -2.89. The molecule has 0 spiro atoms. The predicted molar refractivity (Wildman–Crippen MR) is 125 cm³/mol. The van der Waals surface area contributed by atoms with E-state index < -0.39 is 5.54 Å². The summed E-state index contributed by atoms with van der Waals surface area (Å²) in [6.45, 7) is 4.68. The summed E-state index contributed by atoms with van der Waals surface area (Å²) in [6, 6.07) is 22.4. The van der Waals surface area contributed by atoms with Crippen LogP contribution in [-0.4, -0.2) is 16.4 Å². The molecule has 0 aliphatic carbocycles. The number of carbonyl (C=O) groups excluding carboxylic acids is 1. The monoisotopic (exact) mass is 417 g/mol. The molecule has 1 amide bonds. The number of amides is 1. The van der Waals surface area contributed by atoms with Crippen molar-refractivity contribution in [2.45, 2.75) is 38.4 Å². The minimum absolute atomic E-state index is 0.000639. The van der Waals surface area contributed by atoms with Gasteiger partial charge in [0.2, 0.25) is 5.91 Å². The van der Waals surface area contributed by atoms with Crippen molar-refractivity contribution in [1.29, 1.82) is 0 Å². The van der Waals surface area contributed by atoms with Gasteiger partial charge in [-0.05, 0) is 42.5 Å². The summed E-state index contributed by atoms with van der Waals surface area (Å²) in [4.78, 5) is 18.0. The highest BCUT2D eigenvalue weighted by Gasteiger charge is 2.34. The molecule has 2 aromatic heterocycles. The number of aromatic amines is 1. The highest BCUT2D eigenvalue weighted by atomic mass is 32.1. The van der Waals surface area contributed by atoms with Gasteiger partial charge in [0.25, 0.3) is 0 Å². The molecule has 0 bridgehead atoms. The van der Waals surface area contributed by atoms with Crippen LogP contribution >= 0.6 is 11.3 Å². The number of H-pyrrole nitrogens is 1. The van der Waals surface area contributed by atoms with Gasteiger partial charge in [-0.2, -0.15) is 0 Å². The van der Waals surface area contributed by atoms with Crippen molar-refractivity contribution < 1.29 is 4.79 Å². The number of benzene rings is 2. The summed E-state index contributed by atoms with van der Waals surface area (Å²) < 4.78 is 0. The van der Waals surface area contributed by atoms with Gasteiger partial charge in [0.05, 0.1) is 11.6 Å². The first kappa shape index (κ1) is 20.4. The summed E-state index contributed by atoms with van der Waals surface area (Å²) >= 11 is 1.70. The highest BCUT2D eigenvalue weighted by molar-refractivity contribution is 7.09. The minimum atomic E-state index is -0.752. The molecule has 5 heteroatoms. The second-order valence-corrected chi connectivity index (χ2v) is 8.94. The first-order chi connectivity index (χ1) is 14.5. The number of thiophene rings is 1. The molecule has 2 unspecified atom stereocenters. The zero-order valence-electron chi connectivity index (χ0n) is 17.3. The van der Waals surface area contributed by atoms with Crippen molar-refractivity contribution in [3.05, 3.63) is 94.3 Å².